The third-order valence-electron chi connectivity index (χ3n) is 4.23. The van der Waals surface area contributed by atoms with Crippen LogP contribution in [0.4, 0.5) is 0 Å². The van der Waals surface area contributed by atoms with E-state index in [-0.39, 0.29) is 11.6 Å². The highest BCUT2D eigenvalue weighted by Gasteiger charge is 2.17. The Kier molecular flexibility index (Phi) is 5.52. The van der Waals surface area contributed by atoms with Crippen LogP contribution in [0, 0.1) is 0 Å². The summed E-state index contributed by atoms with van der Waals surface area (Å²) in [5, 5.41) is 0. The molecule has 25 heavy (non-hydrogen) atoms. The predicted molar refractivity (Wildman–Crippen MR) is 93.3 cm³/mol. The number of hydrogen-bond acceptors (Lipinski definition) is 5. The highest BCUT2D eigenvalue weighted by molar-refractivity contribution is 5.96. The van der Waals surface area contributed by atoms with Gasteiger partial charge in [0.1, 0.15) is 0 Å². The van der Waals surface area contributed by atoms with Gasteiger partial charge >= 0.3 is 5.69 Å². The number of carbonyl (C=O) groups excluding carboxylic acids is 1. The second kappa shape index (κ2) is 7.81. The maximum atomic E-state index is 12.3. The Hall–Kier alpha value is -2.16. The lowest BCUT2D eigenvalue weighted by atomic mass is 10.2. The molecule has 2 N–H and O–H groups in total. The first-order valence-electron chi connectivity index (χ1n) is 8.49. The minimum absolute atomic E-state index is 0.179. The van der Waals surface area contributed by atoms with Gasteiger partial charge < -0.3 is 14.6 Å². The molecule has 0 spiro atoms. The second-order valence-electron chi connectivity index (χ2n) is 6.46. The molecule has 0 saturated carbocycles. The van der Waals surface area contributed by atoms with Gasteiger partial charge in [-0.3, -0.25) is 9.36 Å². The molecule has 1 amide bonds. The number of ether oxygens (including phenoxy) is 1. The Labute approximate surface area is 145 Å². The van der Waals surface area contributed by atoms with Crippen LogP contribution < -0.4 is 11.2 Å². The molecule has 1 saturated heterocycles. The van der Waals surface area contributed by atoms with E-state index in [1.807, 2.05) is 19.0 Å². The van der Waals surface area contributed by atoms with E-state index in [9.17, 15) is 9.59 Å². The van der Waals surface area contributed by atoms with Crippen LogP contribution in [0.5, 0.6) is 0 Å². The molecule has 2 heterocycles. The van der Waals surface area contributed by atoms with E-state index >= 15 is 0 Å². The Morgan fingerprint density at radius 1 is 1.44 bits per heavy atom. The normalized spacial score (nSPS) is 18.0. The standard InChI is InChI=1S/C17H24N4O4/c1-20(2)8-9-21-14-11-12(6-7-13(14)18-17(21)23)16(22)19-25-15-5-3-4-10-24-15/h6-7,11,15H,3-5,8-10H2,1-2H3,(H,18,23)(H,19,22). The number of rotatable bonds is 6. The largest absolute Gasteiger partial charge is 0.350 e. The molecule has 2 aromatic rings. The van der Waals surface area contributed by atoms with Crippen LogP contribution in [0.1, 0.15) is 29.6 Å². The molecule has 3 rings (SSSR count). The minimum atomic E-state index is -0.396. The SMILES string of the molecule is CN(C)CCn1c(=O)[nH]c2ccc(C(=O)NOC3CCCCO3)cc21. The average Bonchev–Trinajstić information content (AvgIpc) is 2.93. The highest BCUT2D eigenvalue weighted by atomic mass is 16.8. The van der Waals surface area contributed by atoms with Gasteiger partial charge in [-0.25, -0.2) is 15.1 Å². The van der Waals surface area contributed by atoms with Gasteiger partial charge in [0.25, 0.3) is 5.91 Å². The summed E-state index contributed by atoms with van der Waals surface area (Å²) >= 11 is 0. The van der Waals surface area contributed by atoms with E-state index in [0.29, 0.717) is 29.7 Å². The molecule has 1 aliphatic heterocycles. The molecule has 1 aromatic heterocycles. The molecule has 8 heteroatoms. The number of likely N-dealkylation sites (N-methyl/N-ethyl adjacent to an activating group) is 1. The summed E-state index contributed by atoms with van der Waals surface area (Å²) in [5.41, 5.74) is 4.10. The maximum Gasteiger partial charge on any atom is 0.326 e. The van der Waals surface area contributed by atoms with E-state index in [1.54, 1.807) is 22.8 Å². The third-order valence-corrected chi connectivity index (χ3v) is 4.23. The van der Waals surface area contributed by atoms with Crippen molar-refractivity contribution in [1.82, 2.24) is 19.9 Å². The fourth-order valence-corrected chi connectivity index (χ4v) is 2.80. The van der Waals surface area contributed by atoms with Gasteiger partial charge in [-0.05, 0) is 45.1 Å². The Balaban J connectivity index is 1.73. The summed E-state index contributed by atoms with van der Waals surface area (Å²) in [4.78, 5) is 34.6. The number of amides is 1. The fraction of sp³-hybridized carbons (Fsp3) is 0.529. The van der Waals surface area contributed by atoms with Gasteiger partial charge in [0, 0.05) is 31.7 Å². The fourth-order valence-electron chi connectivity index (χ4n) is 2.80. The van der Waals surface area contributed by atoms with Gasteiger partial charge in [0.15, 0.2) is 6.29 Å². The van der Waals surface area contributed by atoms with Gasteiger partial charge in [0.2, 0.25) is 0 Å². The summed E-state index contributed by atoms with van der Waals surface area (Å²) in [6.07, 6.45) is 2.41. The van der Waals surface area contributed by atoms with Crippen LogP contribution in [-0.2, 0) is 16.1 Å². The summed E-state index contributed by atoms with van der Waals surface area (Å²) in [6, 6.07) is 5.09. The Morgan fingerprint density at radius 2 is 2.28 bits per heavy atom. The molecule has 1 unspecified atom stereocenters. The van der Waals surface area contributed by atoms with Crippen molar-refractivity contribution < 1.29 is 14.4 Å². The number of H-pyrrole nitrogens is 1. The lowest BCUT2D eigenvalue weighted by molar-refractivity contribution is -0.186. The number of carbonyl (C=O) groups is 1. The number of hydroxylamine groups is 1. The topological polar surface area (TPSA) is 88.6 Å². The maximum absolute atomic E-state index is 12.3. The predicted octanol–water partition coefficient (Wildman–Crippen LogP) is 1.08. The number of hydrogen-bond donors (Lipinski definition) is 2. The summed E-state index contributed by atoms with van der Waals surface area (Å²) in [5.74, 6) is -0.358. The number of aromatic amines is 1. The van der Waals surface area contributed by atoms with E-state index in [0.717, 1.165) is 25.8 Å². The summed E-state index contributed by atoms with van der Waals surface area (Å²) in [6.45, 7) is 1.92. The van der Waals surface area contributed by atoms with Crippen molar-refractivity contribution in [3.8, 4) is 0 Å². The van der Waals surface area contributed by atoms with E-state index in [4.69, 9.17) is 9.57 Å². The van der Waals surface area contributed by atoms with Crippen LogP contribution in [0.2, 0.25) is 0 Å². The molecule has 0 bridgehead atoms. The molecule has 0 radical (unpaired) electrons. The Morgan fingerprint density at radius 3 is 3.00 bits per heavy atom. The quantitative estimate of drug-likeness (QED) is 0.763. The number of imidazole rings is 1. The smallest absolute Gasteiger partial charge is 0.326 e. The van der Waals surface area contributed by atoms with Crippen molar-refractivity contribution in [3.05, 3.63) is 34.2 Å². The first kappa shape index (κ1) is 17.7. The first-order valence-corrected chi connectivity index (χ1v) is 8.49. The van der Waals surface area contributed by atoms with Gasteiger partial charge in [-0.1, -0.05) is 0 Å². The monoisotopic (exact) mass is 348 g/mol. The zero-order valence-electron chi connectivity index (χ0n) is 14.6. The van der Waals surface area contributed by atoms with Gasteiger partial charge in [-0.15, -0.1) is 0 Å². The van der Waals surface area contributed by atoms with Crippen LogP contribution in [-0.4, -0.2) is 53.9 Å². The summed E-state index contributed by atoms with van der Waals surface area (Å²) < 4.78 is 7.06. The second-order valence-corrected chi connectivity index (χ2v) is 6.46. The number of benzene rings is 1. The van der Waals surface area contributed by atoms with Crippen LogP contribution >= 0.6 is 0 Å². The average molecular weight is 348 g/mol. The molecular formula is C17H24N4O4. The van der Waals surface area contributed by atoms with Crippen molar-refractivity contribution in [1.29, 1.82) is 0 Å². The number of fused-ring (bicyclic) bond motifs is 1. The first-order chi connectivity index (χ1) is 12.0. The zero-order chi connectivity index (χ0) is 17.8. The minimum Gasteiger partial charge on any atom is -0.350 e. The van der Waals surface area contributed by atoms with Crippen molar-refractivity contribution in [2.45, 2.75) is 32.1 Å². The molecule has 1 aliphatic rings. The van der Waals surface area contributed by atoms with E-state index in [2.05, 4.69) is 10.5 Å². The van der Waals surface area contributed by atoms with E-state index < -0.39 is 6.29 Å². The lowest BCUT2D eigenvalue weighted by Crippen LogP contribution is -2.33. The van der Waals surface area contributed by atoms with Crippen LogP contribution in [0.25, 0.3) is 11.0 Å². The van der Waals surface area contributed by atoms with Crippen LogP contribution in [0.15, 0.2) is 23.0 Å². The molecular weight excluding hydrogens is 324 g/mol. The molecule has 8 nitrogen and oxygen atoms in total. The van der Waals surface area contributed by atoms with Gasteiger partial charge in [0.05, 0.1) is 11.0 Å². The summed E-state index contributed by atoms with van der Waals surface area (Å²) in [7, 11) is 3.90. The number of nitrogens with one attached hydrogen (secondary N) is 2. The third kappa shape index (κ3) is 4.28. The van der Waals surface area contributed by atoms with Crippen molar-refractivity contribution in [2.75, 3.05) is 27.2 Å². The Bertz CT molecular complexity index is 790. The van der Waals surface area contributed by atoms with Crippen molar-refractivity contribution in [3.63, 3.8) is 0 Å². The molecule has 136 valence electrons. The molecule has 1 atom stereocenters. The van der Waals surface area contributed by atoms with E-state index in [1.165, 1.54) is 0 Å². The number of aromatic nitrogens is 2. The molecule has 1 aromatic carbocycles. The zero-order valence-corrected chi connectivity index (χ0v) is 14.6. The van der Waals surface area contributed by atoms with Crippen LogP contribution in [0.3, 0.4) is 0 Å². The lowest BCUT2D eigenvalue weighted by Gasteiger charge is -2.22. The molecule has 1 fully saturated rings. The van der Waals surface area contributed by atoms with Crippen molar-refractivity contribution in [2.24, 2.45) is 0 Å². The molecule has 0 aliphatic carbocycles. The van der Waals surface area contributed by atoms with Crippen molar-refractivity contribution >= 4 is 16.9 Å². The highest BCUT2D eigenvalue weighted by Crippen LogP contribution is 2.15. The number of nitrogens with zero attached hydrogens (tertiary/aromatic N) is 2. The van der Waals surface area contributed by atoms with Gasteiger partial charge in [-0.2, -0.15) is 0 Å².